The van der Waals surface area contributed by atoms with E-state index in [-0.39, 0.29) is 23.7 Å². The normalized spacial score (nSPS) is 33.9. The fourth-order valence-electron chi connectivity index (χ4n) is 2.38. The van der Waals surface area contributed by atoms with Crippen LogP contribution in [0.4, 0.5) is 0 Å². The molecule has 84 valence electrons. The standard InChI is InChI=1S/C12H16N4/c1-7-8(2)12(16-6-14)10(4)9(3)11(7)15-5-13/h7-10H,1-4H3. The molecule has 0 aromatic rings. The van der Waals surface area contributed by atoms with Crippen LogP contribution in [0.3, 0.4) is 0 Å². The molecule has 1 fully saturated rings. The topological polar surface area (TPSA) is 72.3 Å². The van der Waals surface area contributed by atoms with E-state index in [1.54, 1.807) is 0 Å². The van der Waals surface area contributed by atoms with Gasteiger partial charge in [-0.25, -0.2) is 0 Å². The Bertz CT molecular complexity index is 348. The lowest BCUT2D eigenvalue weighted by molar-refractivity contribution is 0.470. The summed E-state index contributed by atoms with van der Waals surface area (Å²) >= 11 is 0. The third-order valence-electron chi connectivity index (χ3n) is 3.72. The van der Waals surface area contributed by atoms with Crippen LogP contribution in [-0.4, -0.2) is 11.4 Å². The van der Waals surface area contributed by atoms with Gasteiger partial charge in [0.05, 0.1) is 0 Å². The lowest BCUT2D eigenvalue weighted by atomic mass is 9.68. The van der Waals surface area contributed by atoms with Crippen LogP contribution in [0.2, 0.25) is 0 Å². The Morgan fingerprint density at radius 1 is 0.750 bits per heavy atom. The summed E-state index contributed by atoms with van der Waals surface area (Å²) in [6, 6.07) is 0. The van der Waals surface area contributed by atoms with Crippen molar-refractivity contribution in [3.8, 4) is 12.4 Å². The highest BCUT2D eigenvalue weighted by Gasteiger charge is 2.38. The number of hydrogen-bond acceptors (Lipinski definition) is 4. The lowest BCUT2D eigenvalue weighted by Crippen LogP contribution is -2.43. The second-order valence-electron chi connectivity index (χ2n) is 4.43. The molecule has 0 N–H and O–H groups in total. The van der Waals surface area contributed by atoms with Gasteiger partial charge in [-0.3, -0.25) is 0 Å². The highest BCUT2D eigenvalue weighted by atomic mass is 14.8. The Balaban J connectivity index is 3.16. The summed E-state index contributed by atoms with van der Waals surface area (Å²) in [5.74, 6) is 0.715. The predicted molar refractivity (Wildman–Crippen MR) is 62.8 cm³/mol. The van der Waals surface area contributed by atoms with Crippen molar-refractivity contribution in [1.82, 2.24) is 0 Å². The molecule has 0 amide bonds. The minimum Gasteiger partial charge on any atom is -0.182 e. The molecule has 0 spiro atoms. The Hall–Kier alpha value is -1.68. The predicted octanol–water partition coefficient (Wildman–Crippen LogP) is 2.39. The first-order valence-electron chi connectivity index (χ1n) is 5.47. The molecule has 0 bridgehead atoms. The van der Waals surface area contributed by atoms with Crippen LogP contribution in [-0.2, 0) is 0 Å². The van der Waals surface area contributed by atoms with E-state index >= 15 is 0 Å². The van der Waals surface area contributed by atoms with Crippen LogP contribution in [0.1, 0.15) is 27.7 Å². The fraction of sp³-hybridized carbons (Fsp3) is 0.667. The van der Waals surface area contributed by atoms with Crippen molar-refractivity contribution < 1.29 is 0 Å². The summed E-state index contributed by atoms with van der Waals surface area (Å²) in [4.78, 5) is 7.85. The van der Waals surface area contributed by atoms with E-state index in [0.29, 0.717) is 0 Å². The number of hydrogen-bond donors (Lipinski definition) is 0. The minimum absolute atomic E-state index is 0.179. The van der Waals surface area contributed by atoms with Gasteiger partial charge in [0.15, 0.2) is 0 Å². The summed E-state index contributed by atoms with van der Waals surface area (Å²) in [6.45, 7) is 8.15. The molecule has 0 aromatic carbocycles. The zero-order chi connectivity index (χ0) is 12.3. The van der Waals surface area contributed by atoms with Crippen LogP contribution in [0, 0.1) is 46.6 Å². The van der Waals surface area contributed by atoms with Gasteiger partial charge in [-0.15, -0.1) is 0 Å². The van der Waals surface area contributed by atoms with E-state index in [0.717, 1.165) is 11.4 Å². The molecule has 0 aliphatic heterocycles. The summed E-state index contributed by atoms with van der Waals surface area (Å²) in [5.41, 5.74) is 1.86. The highest BCUT2D eigenvalue weighted by molar-refractivity contribution is 6.04. The van der Waals surface area contributed by atoms with Crippen LogP contribution in [0.25, 0.3) is 0 Å². The monoisotopic (exact) mass is 216 g/mol. The third-order valence-corrected chi connectivity index (χ3v) is 3.72. The van der Waals surface area contributed by atoms with Gasteiger partial charge in [-0.1, -0.05) is 27.7 Å². The van der Waals surface area contributed by atoms with Crippen molar-refractivity contribution in [3.05, 3.63) is 0 Å². The summed E-state index contributed by atoms with van der Waals surface area (Å²) in [6.07, 6.45) is 3.74. The Labute approximate surface area is 96.3 Å². The fourth-order valence-corrected chi connectivity index (χ4v) is 2.38. The van der Waals surface area contributed by atoms with Crippen molar-refractivity contribution >= 4 is 11.4 Å². The molecule has 1 saturated carbocycles. The molecule has 1 rings (SSSR count). The zero-order valence-electron chi connectivity index (χ0n) is 10.1. The van der Waals surface area contributed by atoms with Gasteiger partial charge in [-0.05, 0) is 0 Å². The molecule has 0 heterocycles. The molecular formula is C12H16N4. The van der Waals surface area contributed by atoms with Gasteiger partial charge < -0.3 is 0 Å². The van der Waals surface area contributed by atoms with Crippen LogP contribution < -0.4 is 0 Å². The van der Waals surface area contributed by atoms with E-state index in [4.69, 9.17) is 10.5 Å². The van der Waals surface area contributed by atoms with Crippen LogP contribution in [0.5, 0.6) is 0 Å². The van der Waals surface area contributed by atoms with Gasteiger partial charge in [0, 0.05) is 35.1 Å². The van der Waals surface area contributed by atoms with Crippen molar-refractivity contribution in [2.24, 2.45) is 33.7 Å². The minimum atomic E-state index is 0.179. The van der Waals surface area contributed by atoms with Crippen molar-refractivity contribution in [3.63, 3.8) is 0 Å². The van der Waals surface area contributed by atoms with Gasteiger partial charge >= 0.3 is 0 Å². The maximum atomic E-state index is 8.68. The molecule has 1 aliphatic carbocycles. The van der Waals surface area contributed by atoms with Crippen LogP contribution >= 0.6 is 0 Å². The first-order valence-corrected chi connectivity index (χ1v) is 5.47. The zero-order valence-corrected chi connectivity index (χ0v) is 10.1. The smallest absolute Gasteiger partial charge is 0.182 e. The SMILES string of the molecule is CC1C(=NC#N)C(C)C(C)C(=NC#N)C1C. The molecule has 0 saturated heterocycles. The van der Waals surface area contributed by atoms with Crippen molar-refractivity contribution in [1.29, 1.82) is 10.5 Å². The van der Waals surface area contributed by atoms with Crippen molar-refractivity contribution in [2.45, 2.75) is 27.7 Å². The molecule has 1 aliphatic rings. The first-order chi connectivity index (χ1) is 7.54. The molecule has 0 aromatic heterocycles. The van der Waals surface area contributed by atoms with E-state index < -0.39 is 0 Å². The van der Waals surface area contributed by atoms with E-state index in [1.165, 1.54) is 0 Å². The molecule has 4 heteroatoms. The van der Waals surface area contributed by atoms with Gasteiger partial charge in [0.25, 0.3) is 0 Å². The number of rotatable bonds is 0. The molecule has 16 heavy (non-hydrogen) atoms. The number of nitriles is 2. The molecule has 4 atom stereocenters. The molecule has 0 radical (unpaired) electrons. The second-order valence-corrected chi connectivity index (χ2v) is 4.43. The van der Waals surface area contributed by atoms with Gasteiger partial charge in [0.2, 0.25) is 12.4 Å². The Morgan fingerprint density at radius 3 is 1.19 bits per heavy atom. The highest BCUT2D eigenvalue weighted by Crippen LogP contribution is 2.33. The molecular weight excluding hydrogens is 200 g/mol. The average Bonchev–Trinajstić information content (AvgIpc) is 2.28. The Kier molecular flexibility index (Phi) is 3.79. The summed E-state index contributed by atoms with van der Waals surface area (Å²) < 4.78 is 0. The second kappa shape index (κ2) is 4.90. The van der Waals surface area contributed by atoms with Crippen LogP contribution in [0.15, 0.2) is 9.98 Å². The molecule has 4 unspecified atom stereocenters. The van der Waals surface area contributed by atoms with Crippen molar-refractivity contribution in [2.75, 3.05) is 0 Å². The maximum Gasteiger partial charge on any atom is 0.205 e. The Morgan fingerprint density at radius 2 is 1.00 bits per heavy atom. The quantitative estimate of drug-likeness (QED) is 0.583. The lowest BCUT2D eigenvalue weighted by Gasteiger charge is -2.37. The summed E-state index contributed by atoms with van der Waals surface area (Å²) in [5, 5.41) is 17.4. The van der Waals surface area contributed by atoms with Gasteiger partial charge in [0.1, 0.15) is 0 Å². The largest absolute Gasteiger partial charge is 0.205 e. The average molecular weight is 216 g/mol. The van der Waals surface area contributed by atoms with Gasteiger partial charge in [-0.2, -0.15) is 20.5 Å². The summed E-state index contributed by atoms with van der Waals surface area (Å²) in [7, 11) is 0. The van der Waals surface area contributed by atoms with E-state index in [9.17, 15) is 0 Å². The van der Waals surface area contributed by atoms with E-state index in [2.05, 4.69) is 9.98 Å². The third kappa shape index (κ3) is 1.97. The van der Waals surface area contributed by atoms with E-state index in [1.807, 2.05) is 40.1 Å². The molecule has 4 nitrogen and oxygen atoms in total. The first kappa shape index (κ1) is 12.4. The number of nitrogens with zero attached hydrogens (tertiary/aromatic N) is 4. The number of aliphatic imine (C=N–C) groups is 2. The maximum absolute atomic E-state index is 8.68.